The molecule has 292 valence electrons. The molecule has 1 aliphatic carbocycles. The van der Waals surface area contributed by atoms with Crippen molar-refractivity contribution in [3.8, 4) is 45.6 Å². The van der Waals surface area contributed by atoms with Crippen molar-refractivity contribution >= 4 is 0 Å². The quantitative estimate of drug-likeness (QED) is 0.0938. The van der Waals surface area contributed by atoms with Crippen molar-refractivity contribution in [3.05, 3.63) is 94.0 Å². The molecule has 55 heavy (non-hydrogen) atoms. The van der Waals surface area contributed by atoms with Gasteiger partial charge in [-0.15, -0.1) is 0 Å². The highest BCUT2D eigenvalue weighted by Crippen LogP contribution is 2.54. The molecule has 3 aliphatic heterocycles. The smallest absolute Gasteiger partial charge is 0.128 e. The molecule has 10 heteroatoms. The molecule has 0 radical (unpaired) electrons. The zero-order chi connectivity index (χ0) is 38.1. The molecule has 1 fully saturated rings. The lowest BCUT2D eigenvalue weighted by molar-refractivity contribution is -0.0894. The van der Waals surface area contributed by atoms with E-state index >= 15 is 0 Å². The minimum absolute atomic E-state index is 0.0865. The van der Waals surface area contributed by atoms with Gasteiger partial charge in [-0.2, -0.15) is 0 Å². The van der Waals surface area contributed by atoms with Gasteiger partial charge in [0.25, 0.3) is 0 Å². The molecule has 8 rings (SSSR count). The van der Waals surface area contributed by atoms with E-state index in [4.69, 9.17) is 23.7 Å². The van der Waals surface area contributed by atoms with Crippen molar-refractivity contribution in [2.24, 2.45) is 11.8 Å². The number of aliphatic hydroxyl groups excluding tert-OH is 2. The summed E-state index contributed by atoms with van der Waals surface area (Å²) >= 11 is 0. The summed E-state index contributed by atoms with van der Waals surface area (Å²) in [4.78, 5) is 0. The summed E-state index contributed by atoms with van der Waals surface area (Å²) in [7, 11) is 3.59. The number of aliphatic hydroxyl groups is 2. The molecule has 5 N–H and O–H groups in total. The lowest BCUT2D eigenvalue weighted by Crippen LogP contribution is -2.46. The molecule has 3 heterocycles. The Balaban J connectivity index is 1.19. The van der Waals surface area contributed by atoms with E-state index < -0.39 is 30.1 Å². The summed E-state index contributed by atoms with van der Waals surface area (Å²) in [5, 5.41) is 49.2. The van der Waals surface area contributed by atoms with Gasteiger partial charge in [0.1, 0.15) is 40.6 Å². The first kappa shape index (κ1) is 37.4. The number of hydrogen-bond donors (Lipinski definition) is 5. The van der Waals surface area contributed by atoms with E-state index in [2.05, 4.69) is 5.32 Å². The molecule has 0 saturated heterocycles. The largest absolute Gasteiger partial charge is 0.508 e. The van der Waals surface area contributed by atoms with E-state index in [-0.39, 0.29) is 24.2 Å². The maximum absolute atomic E-state index is 12.5. The van der Waals surface area contributed by atoms with Crippen LogP contribution < -0.4 is 24.3 Å². The highest BCUT2D eigenvalue weighted by atomic mass is 16.5. The lowest BCUT2D eigenvalue weighted by Gasteiger charge is -2.46. The Bertz CT molecular complexity index is 1990. The molecular weight excluding hydrogens is 698 g/mol. The average Bonchev–Trinajstić information content (AvgIpc) is 3.69. The molecule has 0 spiro atoms. The van der Waals surface area contributed by atoms with Gasteiger partial charge in [0.05, 0.1) is 31.5 Å². The van der Waals surface area contributed by atoms with Crippen LogP contribution in [0.1, 0.15) is 90.5 Å². The Morgan fingerprint density at radius 2 is 1.69 bits per heavy atom. The van der Waals surface area contributed by atoms with Crippen molar-refractivity contribution in [1.29, 1.82) is 0 Å². The number of nitrogens with one attached hydrogen (secondary N) is 1. The first-order valence-corrected chi connectivity index (χ1v) is 19.9. The number of rotatable bonds is 12. The van der Waals surface area contributed by atoms with Crippen molar-refractivity contribution in [2.75, 3.05) is 34.0 Å². The van der Waals surface area contributed by atoms with Gasteiger partial charge < -0.3 is 49.4 Å². The molecule has 4 aliphatic rings. The van der Waals surface area contributed by atoms with Gasteiger partial charge in [-0.05, 0) is 118 Å². The van der Waals surface area contributed by atoms with Gasteiger partial charge in [0, 0.05) is 66.3 Å². The molecule has 0 aromatic heterocycles. The molecule has 0 bridgehead atoms. The molecule has 5 atom stereocenters. The van der Waals surface area contributed by atoms with Gasteiger partial charge in [-0.1, -0.05) is 18.2 Å². The van der Waals surface area contributed by atoms with Crippen LogP contribution in [-0.4, -0.2) is 66.6 Å². The van der Waals surface area contributed by atoms with Crippen molar-refractivity contribution < 1.29 is 44.1 Å². The molecule has 0 amide bonds. The predicted molar refractivity (Wildman–Crippen MR) is 208 cm³/mol. The Morgan fingerprint density at radius 1 is 0.855 bits per heavy atom. The number of aromatic hydroxyl groups is 2. The second-order valence-corrected chi connectivity index (χ2v) is 15.6. The standard InChI is InChI=1S/C45H53NO9/c1-46-24-29-22-39-40(35-12-6-17-52-45(29)35)43(50)41(38(55-39)13-7-16-51-2)37-25-53-44-28(21-33(23-36(44)42(37)49)54-32-10-3-4-11-32)18-27-20-31(48)14-15-34(27)26-8-5-9-30(47)19-26/h5,8-9,14-15,19-23,32,37-38,41-43,46-50H,3-4,6-7,10-13,16-18,24-25H2,1-2H3/t37-,38+,41+,42+,43-/m0/s1. The maximum atomic E-state index is 12.5. The van der Waals surface area contributed by atoms with Crippen molar-refractivity contribution in [1.82, 2.24) is 5.32 Å². The summed E-state index contributed by atoms with van der Waals surface area (Å²) in [6.07, 6.45) is 5.30. The molecule has 4 aromatic carbocycles. The monoisotopic (exact) mass is 751 g/mol. The Morgan fingerprint density at radius 3 is 2.49 bits per heavy atom. The zero-order valence-corrected chi connectivity index (χ0v) is 31.8. The Kier molecular flexibility index (Phi) is 11.1. The first-order valence-electron chi connectivity index (χ1n) is 19.9. The van der Waals surface area contributed by atoms with Crippen molar-refractivity contribution in [2.45, 2.75) is 88.7 Å². The predicted octanol–water partition coefficient (Wildman–Crippen LogP) is 7.30. The van der Waals surface area contributed by atoms with Crippen LogP contribution in [-0.2, 0) is 24.1 Å². The summed E-state index contributed by atoms with van der Waals surface area (Å²) in [5.41, 5.74) is 6.70. The van der Waals surface area contributed by atoms with E-state index in [1.165, 1.54) is 0 Å². The SMILES string of the molecule is CNCc1cc2c(c3c1OCCC3)[C@H](O)[C@H]([C@@H]1COc3c(Cc4cc(O)ccc4-c4cccc(O)c4)cc(OC4CCCC4)cc3[C@H]1O)[C@@H](CCCOC)O2. The second-order valence-electron chi connectivity index (χ2n) is 15.6. The van der Waals surface area contributed by atoms with E-state index in [0.29, 0.717) is 55.4 Å². The maximum Gasteiger partial charge on any atom is 0.128 e. The van der Waals surface area contributed by atoms with E-state index in [1.807, 2.05) is 37.4 Å². The van der Waals surface area contributed by atoms with E-state index in [1.54, 1.807) is 37.4 Å². The van der Waals surface area contributed by atoms with Gasteiger partial charge in [0.15, 0.2) is 0 Å². The van der Waals surface area contributed by atoms with Crippen LogP contribution in [0.15, 0.2) is 60.7 Å². The number of hydrogen-bond acceptors (Lipinski definition) is 10. The number of methoxy groups -OCH3 is 1. The van der Waals surface area contributed by atoms with Crippen LogP contribution in [0.25, 0.3) is 11.1 Å². The number of phenols is 2. The Hall–Kier alpha value is -4.48. The number of ether oxygens (including phenoxy) is 5. The number of benzene rings is 4. The summed E-state index contributed by atoms with van der Waals surface area (Å²) in [6, 6.07) is 18.2. The molecular formula is C45H53NO9. The van der Waals surface area contributed by atoms with Crippen molar-refractivity contribution in [3.63, 3.8) is 0 Å². The second kappa shape index (κ2) is 16.3. The fourth-order valence-corrected chi connectivity index (χ4v) is 9.38. The summed E-state index contributed by atoms with van der Waals surface area (Å²) in [6.45, 7) is 1.96. The minimum atomic E-state index is -0.991. The van der Waals surface area contributed by atoms with E-state index in [9.17, 15) is 20.4 Å². The normalized spacial score (nSPS) is 23.2. The van der Waals surface area contributed by atoms with Crippen LogP contribution in [0.2, 0.25) is 0 Å². The van der Waals surface area contributed by atoms with E-state index in [0.717, 1.165) is 89.6 Å². The third-order valence-electron chi connectivity index (χ3n) is 11.9. The van der Waals surface area contributed by atoms with Crippen LogP contribution in [0.4, 0.5) is 0 Å². The topological polar surface area (TPSA) is 139 Å². The van der Waals surface area contributed by atoms with Crippen LogP contribution >= 0.6 is 0 Å². The van der Waals surface area contributed by atoms with Gasteiger partial charge >= 0.3 is 0 Å². The third kappa shape index (κ3) is 7.57. The summed E-state index contributed by atoms with van der Waals surface area (Å²) in [5.74, 6) is 2.03. The Labute approximate surface area is 323 Å². The number of phenolic OH excluding ortho intramolecular Hbond substituents is 2. The molecule has 1 saturated carbocycles. The minimum Gasteiger partial charge on any atom is -0.508 e. The highest BCUT2D eigenvalue weighted by Gasteiger charge is 2.49. The van der Waals surface area contributed by atoms with Crippen LogP contribution in [0.5, 0.6) is 34.5 Å². The fourth-order valence-electron chi connectivity index (χ4n) is 9.38. The highest BCUT2D eigenvalue weighted by molar-refractivity contribution is 5.71. The fraction of sp³-hybridized carbons (Fsp3) is 0.467. The lowest BCUT2D eigenvalue weighted by atomic mass is 9.71. The molecule has 0 unspecified atom stereocenters. The average molecular weight is 752 g/mol. The van der Waals surface area contributed by atoms with Gasteiger partial charge in [0.2, 0.25) is 0 Å². The summed E-state index contributed by atoms with van der Waals surface area (Å²) < 4.78 is 31.8. The van der Waals surface area contributed by atoms with Gasteiger partial charge in [-0.3, -0.25) is 0 Å². The third-order valence-corrected chi connectivity index (χ3v) is 11.9. The molecule has 4 aromatic rings. The van der Waals surface area contributed by atoms with Crippen LogP contribution in [0.3, 0.4) is 0 Å². The number of fused-ring (bicyclic) bond motifs is 4. The van der Waals surface area contributed by atoms with Crippen LogP contribution in [0, 0.1) is 11.8 Å². The zero-order valence-electron chi connectivity index (χ0n) is 31.8. The van der Waals surface area contributed by atoms with Gasteiger partial charge in [-0.25, -0.2) is 0 Å². The first-order chi connectivity index (χ1) is 26.8. The molecule has 10 nitrogen and oxygen atoms in total.